The van der Waals surface area contributed by atoms with Gasteiger partial charge >= 0.3 is 0 Å². The highest BCUT2D eigenvalue weighted by Gasteiger charge is 2.41. The van der Waals surface area contributed by atoms with Gasteiger partial charge in [0, 0.05) is 6.54 Å². The van der Waals surface area contributed by atoms with E-state index in [2.05, 4.69) is 0 Å². The highest BCUT2D eigenvalue weighted by atomic mass is 32.2. The molecule has 0 bridgehead atoms. The Morgan fingerprint density at radius 1 is 1.23 bits per heavy atom. The number of nitrogens with zero attached hydrogens (tertiary/aromatic N) is 1. The molecule has 0 spiro atoms. The lowest BCUT2D eigenvalue weighted by atomic mass is 10.0. The van der Waals surface area contributed by atoms with Crippen molar-refractivity contribution < 1.29 is 26.7 Å². The van der Waals surface area contributed by atoms with E-state index in [9.17, 15) is 22.3 Å². The molecule has 2 unspecified atom stereocenters. The normalized spacial score (nSPS) is 23.0. The molecular formula is C14H13F2NO4S. The molecule has 1 N–H and O–H groups in total. The Bertz CT molecular complexity index is 776. The van der Waals surface area contributed by atoms with E-state index >= 15 is 0 Å². The second kappa shape index (κ2) is 5.45. The van der Waals surface area contributed by atoms with Gasteiger partial charge in [0.05, 0.1) is 18.4 Å². The quantitative estimate of drug-likeness (QED) is 0.936. The zero-order valence-corrected chi connectivity index (χ0v) is 12.1. The number of rotatable bonds is 3. The molecule has 1 aromatic heterocycles. The molecule has 1 aromatic carbocycles. The monoisotopic (exact) mass is 329 g/mol. The van der Waals surface area contributed by atoms with E-state index in [1.54, 1.807) is 0 Å². The summed E-state index contributed by atoms with van der Waals surface area (Å²) in [5, 5.41) is 9.56. The molecule has 22 heavy (non-hydrogen) atoms. The summed E-state index contributed by atoms with van der Waals surface area (Å²) in [5.74, 6) is -2.07. The average Bonchev–Trinajstić information content (AvgIpc) is 3.11. The zero-order valence-electron chi connectivity index (χ0n) is 11.3. The number of β-amino-alcohol motifs (C(OH)–C–C–N with tert-alkyl or cyclic N) is 1. The predicted octanol–water partition coefficient (Wildman–Crippen LogP) is 2.05. The maximum absolute atomic E-state index is 13.4. The van der Waals surface area contributed by atoms with Crippen LogP contribution in [0.1, 0.15) is 18.0 Å². The Kier molecular flexibility index (Phi) is 3.75. The predicted molar refractivity (Wildman–Crippen MR) is 72.3 cm³/mol. The van der Waals surface area contributed by atoms with E-state index in [0.717, 1.165) is 16.4 Å². The van der Waals surface area contributed by atoms with Crippen molar-refractivity contribution in [2.45, 2.75) is 23.7 Å². The van der Waals surface area contributed by atoms with Crippen LogP contribution in [0, 0.1) is 11.6 Å². The molecule has 2 atom stereocenters. The lowest BCUT2D eigenvalue weighted by Crippen LogP contribution is -2.31. The van der Waals surface area contributed by atoms with Crippen molar-refractivity contribution in [2.75, 3.05) is 6.54 Å². The van der Waals surface area contributed by atoms with E-state index in [1.165, 1.54) is 24.5 Å². The van der Waals surface area contributed by atoms with Crippen LogP contribution in [0.3, 0.4) is 0 Å². The molecule has 1 aliphatic rings. The third kappa shape index (κ3) is 2.53. The second-order valence-corrected chi connectivity index (χ2v) is 6.91. The van der Waals surface area contributed by atoms with Crippen LogP contribution in [-0.4, -0.2) is 30.5 Å². The average molecular weight is 329 g/mol. The number of hydrogen-bond donors (Lipinski definition) is 1. The van der Waals surface area contributed by atoms with Crippen LogP contribution >= 0.6 is 0 Å². The molecule has 1 fully saturated rings. The van der Waals surface area contributed by atoms with E-state index in [4.69, 9.17) is 4.42 Å². The third-order valence-electron chi connectivity index (χ3n) is 3.62. The molecule has 3 rings (SSSR count). The smallest absolute Gasteiger partial charge is 0.277 e. The van der Waals surface area contributed by atoms with Crippen molar-refractivity contribution in [1.82, 2.24) is 4.31 Å². The van der Waals surface area contributed by atoms with Crippen molar-refractivity contribution in [3.63, 3.8) is 0 Å². The minimum Gasteiger partial charge on any atom is -0.452 e. The van der Waals surface area contributed by atoms with Gasteiger partial charge < -0.3 is 9.52 Å². The Morgan fingerprint density at radius 3 is 2.64 bits per heavy atom. The van der Waals surface area contributed by atoms with Gasteiger partial charge in [-0.2, -0.15) is 4.31 Å². The Morgan fingerprint density at radius 2 is 2.00 bits per heavy atom. The number of hydrogen-bond acceptors (Lipinski definition) is 4. The molecule has 0 saturated carbocycles. The molecule has 2 heterocycles. The Labute approximate surface area is 125 Å². The second-order valence-electron chi connectivity index (χ2n) is 5.09. The maximum atomic E-state index is 13.4. The molecule has 2 aromatic rings. The Hall–Kier alpha value is -1.77. The Balaban J connectivity index is 2.01. The van der Waals surface area contributed by atoms with Gasteiger partial charge in [0.2, 0.25) is 5.09 Å². The molecule has 5 nitrogen and oxygen atoms in total. The minimum atomic E-state index is -3.96. The summed E-state index contributed by atoms with van der Waals surface area (Å²) in [4.78, 5) is 0. The van der Waals surface area contributed by atoms with E-state index < -0.39 is 33.8 Å². The van der Waals surface area contributed by atoms with Crippen molar-refractivity contribution in [2.24, 2.45) is 0 Å². The summed E-state index contributed by atoms with van der Waals surface area (Å²) in [6.45, 7) is -0.132. The molecular weight excluding hydrogens is 316 g/mol. The molecule has 118 valence electrons. The van der Waals surface area contributed by atoms with Gasteiger partial charge in [0.25, 0.3) is 10.0 Å². The van der Waals surface area contributed by atoms with Gasteiger partial charge in [0.1, 0.15) is 0 Å². The number of sulfonamides is 1. The lowest BCUT2D eigenvalue weighted by Gasteiger charge is -2.22. The van der Waals surface area contributed by atoms with Crippen LogP contribution in [0.5, 0.6) is 0 Å². The fraction of sp³-hybridized carbons (Fsp3) is 0.286. The first-order valence-corrected chi connectivity index (χ1v) is 8.02. The first-order chi connectivity index (χ1) is 10.4. The molecule has 1 aliphatic heterocycles. The van der Waals surface area contributed by atoms with Crippen molar-refractivity contribution in [1.29, 1.82) is 0 Å². The van der Waals surface area contributed by atoms with Gasteiger partial charge in [-0.05, 0) is 36.2 Å². The highest BCUT2D eigenvalue weighted by molar-refractivity contribution is 7.89. The van der Waals surface area contributed by atoms with Crippen molar-refractivity contribution >= 4 is 10.0 Å². The SMILES string of the molecule is O=S(=O)(c1ccco1)N1CC(O)CC1c1ccc(F)c(F)c1. The maximum Gasteiger partial charge on any atom is 0.277 e. The van der Waals surface area contributed by atoms with Crippen LogP contribution in [0.2, 0.25) is 0 Å². The molecule has 0 amide bonds. The first-order valence-electron chi connectivity index (χ1n) is 6.58. The van der Waals surface area contributed by atoms with Gasteiger partial charge in [0.15, 0.2) is 11.6 Å². The van der Waals surface area contributed by atoms with E-state index in [1.807, 2.05) is 0 Å². The third-order valence-corrected chi connectivity index (χ3v) is 5.38. The molecule has 0 radical (unpaired) electrons. The van der Waals surface area contributed by atoms with Gasteiger partial charge in [-0.1, -0.05) is 6.07 Å². The number of benzene rings is 1. The fourth-order valence-electron chi connectivity index (χ4n) is 2.60. The fourth-order valence-corrected chi connectivity index (χ4v) is 4.17. The summed E-state index contributed by atoms with van der Waals surface area (Å²) in [5.41, 5.74) is 0.283. The van der Waals surface area contributed by atoms with E-state index in [-0.39, 0.29) is 23.6 Å². The lowest BCUT2D eigenvalue weighted by molar-refractivity contribution is 0.188. The molecule has 1 saturated heterocycles. The van der Waals surface area contributed by atoms with Crippen LogP contribution in [0.15, 0.2) is 46.1 Å². The van der Waals surface area contributed by atoms with Crippen LogP contribution < -0.4 is 0 Å². The largest absolute Gasteiger partial charge is 0.452 e. The van der Waals surface area contributed by atoms with Gasteiger partial charge in [-0.3, -0.25) is 0 Å². The summed E-state index contributed by atoms with van der Waals surface area (Å²) >= 11 is 0. The first kappa shape index (κ1) is 15.1. The molecule has 8 heteroatoms. The topological polar surface area (TPSA) is 70.8 Å². The van der Waals surface area contributed by atoms with Gasteiger partial charge in [-0.25, -0.2) is 17.2 Å². The molecule has 0 aliphatic carbocycles. The van der Waals surface area contributed by atoms with Gasteiger partial charge in [-0.15, -0.1) is 0 Å². The van der Waals surface area contributed by atoms with Crippen LogP contribution in [0.25, 0.3) is 0 Å². The number of halogens is 2. The number of aliphatic hydroxyl groups is 1. The van der Waals surface area contributed by atoms with E-state index in [0.29, 0.717) is 0 Å². The summed E-state index contributed by atoms with van der Waals surface area (Å²) in [7, 11) is -3.96. The number of furan rings is 1. The van der Waals surface area contributed by atoms with Crippen LogP contribution in [0.4, 0.5) is 8.78 Å². The summed E-state index contributed by atoms with van der Waals surface area (Å²) in [6, 6.07) is 5.15. The van der Waals surface area contributed by atoms with Crippen LogP contribution in [-0.2, 0) is 10.0 Å². The van der Waals surface area contributed by atoms with Crippen molar-refractivity contribution in [3.05, 3.63) is 53.8 Å². The zero-order chi connectivity index (χ0) is 15.9. The van der Waals surface area contributed by atoms with Crippen molar-refractivity contribution in [3.8, 4) is 0 Å². The standard InChI is InChI=1S/C14H13F2NO4S/c15-11-4-3-9(6-12(11)16)13-7-10(18)8-17(13)22(19,20)14-2-1-5-21-14/h1-6,10,13,18H,7-8H2. The summed E-state index contributed by atoms with van der Waals surface area (Å²) in [6.07, 6.45) is 0.444. The minimum absolute atomic E-state index is 0.102. The number of aliphatic hydroxyl groups excluding tert-OH is 1. The summed E-state index contributed by atoms with van der Waals surface area (Å²) < 4.78 is 57.5. The highest BCUT2D eigenvalue weighted by Crippen LogP contribution is 2.37.